The molecule has 1 aromatic heterocycles. The van der Waals surface area contributed by atoms with Gasteiger partial charge in [0, 0.05) is 23.9 Å². The third-order valence-corrected chi connectivity index (χ3v) is 5.68. The van der Waals surface area contributed by atoms with Crippen LogP contribution in [0.2, 0.25) is 0 Å². The van der Waals surface area contributed by atoms with Gasteiger partial charge in [-0.2, -0.15) is 0 Å². The highest BCUT2D eigenvalue weighted by Gasteiger charge is 2.29. The van der Waals surface area contributed by atoms with Crippen LogP contribution in [0.25, 0.3) is 0 Å². The summed E-state index contributed by atoms with van der Waals surface area (Å²) in [5, 5.41) is 1.07. The number of piperidine rings is 1. The van der Waals surface area contributed by atoms with Gasteiger partial charge >= 0.3 is 0 Å². The number of halogens is 3. The quantitative estimate of drug-likeness (QED) is 0.758. The first-order chi connectivity index (χ1) is 11.4. The average molecular weight is 354 g/mol. The second-order valence-electron chi connectivity index (χ2n) is 5.98. The first-order valence-corrected chi connectivity index (χ1v) is 8.56. The summed E-state index contributed by atoms with van der Waals surface area (Å²) in [5.41, 5.74) is 0.602. The number of carbonyl (C=O) groups is 1. The topological polar surface area (TPSA) is 33.2 Å². The maximum Gasteiger partial charge on any atom is 0.256 e. The predicted octanol–water partition coefficient (Wildman–Crippen LogP) is 4.20. The third kappa shape index (κ3) is 3.05. The van der Waals surface area contributed by atoms with E-state index >= 15 is 0 Å². The lowest BCUT2D eigenvalue weighted by molar-refractivity contribution is 0.0706. The Labute approximate surface area is 142 Å². The van der Waals surface area contributed by atoms with Gasteiger partial charge in [-0.3, -0.25) is 4.79 Å². The second-order valence-corrected chi connectivity index (χ2v) is 7.22. The van der Waals surface area contributed by atoms with Crippen molar-refractivity contribution in [2.45, 2.75) is 32.6 Å². The van der Waals surface area contributed by atoms with E-state index in [0.717, 1.165) is 35.7 Å². The van der Waals surface area contributed by atoms with Crippen molar-refractivity contribution in [3.8, 4) is 0 Å². The molecule has 24 heavy (non-hydrogen) atoms. The fourth-order valence-corrected chi connectivity index (χ4v) is 3.96. The zero-order chi connectivity index (χ0) is 17.4. The predicted molar refractivity (Wildman–Crippen MR) is 85.8 cm³/mol. The van der Waals surface area contributed by atoms with Crippen LogP contribution in [-0.4, -0.2) is 28.9 Å². The molecule has 3 nitrogen and oxygen atoms in total. The summed E-state index contributed by atoms with van der Waals surface area (Å²) >= 11 is 1.67. The minimum Gasteiger partial charge on any atom is -0.339 e. The van der Waals surface area contributed by atoms with E-state index in [9.17, 15) is 18.0 Å². The molecule has 0 bridgehead atoms. The zero-order valence-electron chi connectivity index (χ0n) is 13.4. The summed E-state index contributed by atoms with van der Waals surface area (Å²) in [6.45, 7) is 4.89. The maximum atomic E-state index is 13.8. The molecule has 1 aliphatic heterocycles. The number of amides is 1. The van der Waals surface area contributed by atoms with Gasteiger partial charge in [0.25, 0.3) is 5.91 Å². The van der Waals surface area contributed by atoms with Gasteiger partial charge in [-0.15, -0.1) is 11.3 Å². The minimum absolute atomic E-state index is 0.279. The van der Waals surface area contributed by atoms with E-state index in [1.807, 2.05) is 13.8 Å². The Balaban J connectivity index is 1.70. The summed E-state index contributed by atoms with van der Waals surface area (Å²) in [5.74, 6) is -4.65. The highest BCUT2D eigenvalue weighted by atomic mass is 32.1. The number of aryl methyl sites for hydroxylation is 2. The fraction of sp³-hybridized carbons (Fsp3) is 0.412. The van der Waals surface area contributed by atoms with Crippen LogP contribution in [0.1, 0.15) is 44.7 Å². The van der Waals surface area contributed by atoms with Gasteiger partial charge in [0.1, 0.15) is 0 Å². The van der Waals surface area contributed by atoms with E-state index in [4.69, 9.17) is 0 Å². The summed E-state index contributed by atoms with van der Waals surface area (Å²) in [4.78, 5) is 19.6. The Bertz CT molecular complexity index is 763. The van der Waals surface area contributed by atoms with Gasteiger partial charge < -0.3 is 4.90 Å². The lowest BCUT2D eigenvalue weighted by Crippen LogP contribution is -2.38. The van der Waals surface area contributed by atoms with Crippen LogP contribution < -0.4 is 0 Å². The van der Waals surface area contributed by atoms with E-state index in [-0.39, 0.29) is 5.92 Å². The molecule has 1 fully saturated rings. The molecule has 0 N–H and O–H groups in total. The van der Waals surface area contributed by atoms with Gasteiger partial charge in [-0.05, 0) is 38.8 Å². The van der Waals surface area contributed by atoms with Crippen LogP contribution in [0.15, 0.2) is 12.1 Å². The molecular weight excluding hydrogens is 337 g/mol. The molecule has 1 amide bonds. The van der Waals surface area contributed by atoms with Crippen molar-refractivity contribution in [2.75, 3.05) is 13.1 Å². The lowest BCUT2D eigenvalue weighted by Gasteiger charge is -2.31. The summed E-state index contributed by atoms with van der Waals surface area (Å²) in [7, 11) is 0. The van der Waals surface area contributed by atoms with Crippen molar-refractivity contribution in [3.05, 3.63) is 50.7 Å². The lowest BCUT2D eigenvalue weighted by atomic mass is 9.97. The minimum atomic E-state index is -1.61. The molecule has 1 saturated heterocycles. The van der Waals surface area contributed by atoms with Gasteiger partial charge in [-0.1, -0.05) is 0 Å². The van der Waals surface area contributed by atoms with Crippen molar-refractivity contribution >= 4 is 17.2 Å². The van der Waals surface area contributed by atoms with Crippen molar-refractivity contribution in [1.29, 1.82) is 0 Å². The molecule has 0 aliphatic carbocycles. The normalized spacial score (nSPS) is 15.8. The van der Waals surface area contributed by atoms with E-state index in [0.29, 0.717) is 13.1 Å². The third-order valence-electron chi connectivity index (χ3n) is 4.44. The molecule has 0 radical (unpaired) electrons. The van der Waals surface area contributed by atoms with Gasteiger partial charge in [0.05, 0.1) is 16.3 Å². The van der Waals surface area contributed by atoms with Crippen LogP contribution in [0.4, 0.5) is 13.2 Å². The molecular formula is C17H17F3N2OS. The molecule has 1 aromatic carbocycles. The Morgan fingerprint density at radius 2 is 1.83 bits per heavy atom. The number of nitrogens with zero attached hydrogens (tertiary/aromatic N) is 2. The van der Waals surface area contributed by atoms with Crippen molar-refractivity contribution in [1.82, 2.24) is 9.88 Å². The summed E-state index contributed by atoms with van der Waals surface area (Å²) in [6, 6.07) is 1.77. The number of thiazole rings is 1. The van der Waals surface area contributed by atoms with E-state index < -0.39 is 28.9 Å². The second kappa shape index (κ2) is 6.55. The first kappa shape index (κ1) is 17.0. The van der Waals surface area contributed by atoms with Gasteiger partial charge in [0.2, 0.25) is 0 Å². The van der Waals surface area contributed by atoms with Crippen molar-refractivity contribution < 1.29 is 18.0 Å². The van der Waals surface area contributed by atoms with Crippen molar-refractivity contribution in [2.24, 2.45) is 0 Å². The number of hydrogen-bond acceptors (Lipinski definition) is 3. The SMILES string of the molecule is Cc1nc(C2CCN(C(=O)c3ccc(F)c(F)c3F)CC2)sc1C. The summed E-state index contributed by atoms with van der Waals surface area (Å²) in [6.07, 6.45) is 1.45. The summed E-state index contributed by atoms with van der Waals surface area (Å²) < 4.78 is 40.1. The molecule has 3 rings (SSSR count). The number of hydrogen-bond donors (Lipinski definition) is 0. The Hall–Kier alpha value is -1.89. The fourth-order valence-electron chi connectivity index (χ4n) is 2.86. The zero-order valence-corrected chi connectivity index (χ0v) is 14.2. The maximum absolute atomic E-state index is 13.8. The van der Waals surface area contributed by atoms with E-state index in [1.54, 1.807) is 11.3 Å². The van der Waals surface area contributed by atoms with Crippen molar-refractivity contribution in [3.63, 3.8) is 0 Å². The van der Waals surface area contributed by atoms with Gasteiger partial charge in [-0.25, -0.2) is 18.2 Å². The van der Waals surface area contributed by atoms with Gasteiger partial charge in [0.15, 0.2) is 17.5 Å². The highest BCUT2D eigenvalue weighted by molar-refractivity contribution is 7.11. The largest absolute Gasteiger partial charge is 0.339 e. The Morgan fingerprint density at radius 1 is 1.17 bits per heavy atom. The molecule has 0 saturated carbocycles. The average Bonchev–Trinajstić information content (AvgIpc) is 2.91. The standard InChI is InChI=1S/C17H17F3N2OS/c1-9-10(2)24-16(21-9)11-5-7-22(8-6-11)17(23)12-3-4-13(18)15(20)14(12)19/h3-4,11H,5-8H2,1-2H3. The number of aromatic nitrogens is 1. The monoisotopic (exact) mass is 354 g/mol. The molecule has 1 aliphatic rings. The van der Waals surface area contributed by atoms with Crippen LogP contribution in [0.3, 0.4) is 0 Å². The number of likely N-dealkylation sites (tertiary alicyclic amines) is 1. The number of rotatable bonds is 2. The Morgan fingerprint density at radius 3 is 2.42 bits per heavy atom. The Kier molecular flexibility index (Phi) is 4.62. The number of carbonyl (C=O) groups excluding carboxylic acids is 1. The first-order valence-electron chi connectivity index (χ1n) is 7.75. The molecule has 7 heteroatoms. The molecule has 0 unspecified atom stereocenters. The molecule has 2 aromatic rings. The highest BCUT2D eigenvalue weighted by Crippen LogP contribution is 2.32. The molecule has 128 valence electrons. The van der Waals surface area contributed by atoms with Crippen LogP contribution >= 0.6 is 11.3 Å². The smallest absolute Gasteiger partial charge is 0.256 e. The molecule has 0 spiro atoms. The van der Waals surface area contributed by atoms with Crippen LogP contribution in [0, 0.1) is 31.3 Å². The number of benzene rings is 1. The van der Waals surface area contributed by atoms with Crippen LogP contribution in [0.5, 0.6) is 0 Å². The molecule has 2 heterocycles. The van der Waals surface area contributed by atoms with E-state index in [1.165, 1.54) is 9.78 Å². The molecule has 0 atom stereocenters. The van der Waals surface area contributed by atoms with E-state index in [2.05, 4.69) is 4.98 Å². The van der Waals surface area contributed by atoms with Crippen LogP contribution in [-0.2, 0) is 0 Å².